The zero-order chi connectivity index (χ0) is 14.9. The van der Waals surface area contributed by atoms with Crippen molar-refractivity contribution < 1.29 is 18.7 Å². The van der Waals surface area contributed by atoms with E-state index in [2.05, 4.69) is 10.3 Å². The molecule has 7 heteroatoms. The van der Waals surface area contributed by atoms with Gasteiger partial charge in [0.2, 0.25) is 0 Å². The van der Waals surface area contributed by atoms with Gasteiger partial charge in [-0.15, -0.1) is 5.10 Å². The highest BCUT2D eigenvalue weighted by Crippen LogP contribution is 2.20. The number of carboxylic acid groups (broad SMARTS) is 1. The number of nitrogens with zero attached hydrogens (tertiary/aromatic N) is 3. The van der Waals surface area contributed by atoms with Crippen LogP contribution in [0.25, 0.3) is 0 Å². The molecule has 0 aliphatic carbocycles. The van der Waals surface area contributed by atoms with Gasteiger partial charge in [-0.3, -0.25) is 0 Å². The largest absolute Gasteiger partial charge is 0.476 e. The molecule has 0 amide bonds. The van der Waals surface area contributed by atoms with Gasteiger partial charge in [0.15, 0.2) is 5.69 Å². The molecular weight excluding hydrogens is 268 g/mol. The van der Waals surface area contributed by atoms with Gasteiger partial charge in [0, 0.05) is 5.56 Å². The predicted octanol–water partition coefficient (Wildman–Crippen LogP) is 2.43. The van der Waals surface area contributed by atoms with Crippen molar-refractivity contribution in [3.05, 3.63) is 46.8 Å². The second kappa shape index (κ2) is 5.36. The number of carboxylic acids is 1. The normalized spacial score (nSPS) is 11.1. The summed E-state index contributed by atoms with van der Waals surface area (Å²) in [6, 6.07) is 3.10. The molecule has 0 saturated heterocycles. The van der Waals surface area contributed by atoms with E-state index in [-0.39, 0.29) is 23.7 Å². The average molecular weight is 281 g/mol. The maximum absolute atomic E-state index is 13.6. The Morgan fingerprint density at radius 1 is 1.40 bits per heavy atom. The quantitative estimate of drug-likeness (QED) is 0.934. The first kappa shape index (κ1) is 14.1. The summed E-state index contributed by atoms with van der Waals surface area (Å²) >= 11 is 0. The van der Waals surface area contributed by atoms with Gasteiger partial charge >= 0.3 is 5.97 Å². The minimum absolute atomic E-state index is 0.0720. The lowest BCUT2D eigenvalue weighted by molar-refractivity contribution is 0.0688. The second-order valence-electron chi connectivity index (χ2n) is 4.68. The molecule has 0 bridgehead atoms. The molecule has 0 aliphatic heterocycles. The van der Waals surface area contributed by atoms with Crippen molar-refractivity contribution >= 4 is 5.97 Å². The molecule has 1 aromatic heterocycles. The molecule has 0 fully saturated rings. The number of aromatic carboxylic acids is 1. The fourth-order valence-corrected chi connectivity index (χ4v) is 1.99. The molecule has 2 aromatic rings. The highest BCUT2D eigenvalue weighted by Gasteiger charge is 2.22. The summed E-state index contributed by atoms with van der Waals surface area (Å²) in [6.45, 7) is 3.49. The van der Waals surface area contributed by atoms with Gasteiger partial charge in [0.1, 0.15) is 11.6 Å². The van der Waals surface area contributed by atoms with Crippen LogP contribution in [0.1, 0.15) is 41.5 Å². The maximum atomic E-state index is 13.6. The van der Waals surface area contributed by atoms with E-state index in [1.54, 1.807) is 13.8 Å². The van der Waals surface area contributed by atoms with Gasteiger partial charge < -0.3 is 5.11 Å². The van der Waals surface area contributed by atoms with Crippen molar-refractivity contribution in [2.45, 2.75) is 26.3 Å². The van der Waals surface area contributed by atoms with Crippen LogP contribution in [0.15, 0.2) is 18.2 Å². The number of hydrogen-bond acceptors (Lipinski definition) is 3. The van der Waals surface area contributed by atoms with E-state index in [4.69, 9.17) is 5.11 Å². The van der Waals surface area contributed by atoms with E-state index in [0.29, 0.717) is 5.69 Å². The predicted molar refractivity (Wildman–Crippen MR) is 66.5 cm³/mol. The molecule has 106 valence electrons. The topological polar surface area (TPSA) is 68.0 Å². The lowest BCUT2D eigenvalue weighted by Gasteiger charge is -2.10. The van der Waals surface area contributed by atoms with E-state index >= 15 is 0 Å². The first-order chi connectivity index (χ1) is 9.40. The molecule has 20 heavy (non-hydrogen) atoms. The summed E-state index contributed by atoms with van der Waals surface area (Å²) in [6.07, 6.45) is 0. The molecule has 1 aromatic carbocycles. The van der Waals surface area contributed by atoms with Crippen molar-refractivity contribution in [2.75, 3.05) is 0 Å². The Balaban J connectivity index is 2.43. The van der Waals surface area contributed by atoms with Crippen LogP contribution >= 0.6 is 0 Å². The van der Waals surface area contributed by atoms with E-state index in [0.717, 1.165) is 18.2 Å². The van der Waals surface area contributed by atoms with Crippen LogP contribution < -0.4 is 0 Å². The average Bonchev–Trinajstić information content (AvgIpc) is 2.78. The Labute approximate surface area is 113 Å². The Kier molecular flexibility index (Phi) is 3.78. The van der Waals surface area contributed by atoms with E-state index in [1.807, 2.05) is 0 Å². The van der Waals surface area contributed by atoms with Crippen molar-refractivity contribution in [3.8, 4) is 0 Å². The third-order valence-electron chi connectivity index (χ3n) is 2.85. The molecule has 0 spiro atoms. The summed E-state index contributed by atoms with van der Waals surface area (Å²) in [7, 11) is 0. The van der Waals surface area contributed by atoms with Crippen LogP contribution in [0.4, 0.5) is 8.78 Å². The van der Waals surface area contributed by atoms with Gasteiger partial charge in [-0.1, -0.05) is 19.1 Å². The minimum Gasteiger partial charge on any atom is -0.476 e. The zero-order valence-corrected chi connectivity index (χ0v) is 11.0. The second-order valence-corrected chi connectivity index (χ2v) is 4.68. The summed E-state index contributed by atoms with van der Waals surface area (Å²) < 4.78 is 28.0. The molecule has 1 N–H and O–H groups in total. The standard InChI is InChI=1S/C13H13F2N3O2/c1-7(2)12-11(13(19)20)16-17-18(12)6-8-5-9(14)3-4-10(8)15/h3-5,7H,6H2,1-2H3,(H,19,20). The molecule has 5 nitrogen and oxygen atoms in total. The smallest absolute Gasteiger partial charge is 0.358 e. The molecule has 0 aliphatic rings. The van der Waals surface area contributed by atoms with Crippen LogP contribution in [0.3, 0.4) is 0 Å². The van der Waals surface area contributed by atoms with Gasteiger partial charge in [-0.05, 0) is 24.1 Å². The minimum atomic E-state index is -1.19. The van der Waals surface area contributed by atoms with Crippen LogP contribution in [-0.4, -0.2) is 26.1 Å². The summed E-state index contributed by atoms with van der Waals surface area (Å²) in [5, 5.41) is 16.3. The Morgan fingerprint density at radius 2 is 2.10 bits per heavy atom. The number of benzene rings is 1. The molecule has 0 atom stereocenters. The first-order valence-corrected chi connectivity index (χ1v) is 6.00. The van der Waals surface area contributed by atoms with Gasteiger partial charge in [-0.2, -0.15) is 0 Å². The monoisotopic (exact) mass is 281 g/mol. The van der Waals surface area contributed by atoms with Crippen LogP contribution in [-0.2, 0) is 6.54 Å². The lowest BCUT2D eigenvalue weighted by Crippen LogP contribution is -2.11. The first-order valence-electron chi connectivity index (χ1n) is 6.00. The lowest BCUT2D eigenvalue weighted by atomic mass is 10.1. The molecule has 0 unspecified atom stereocenters. The molecule has 0 radical (unpaired) electrons. The van der Waals surface area contributed by atoms with Crippen molar-refractivity contribution in [1.29, 1.82) is 0 Å². The Morgan fingerprint density at radius 3 is 2.70 bits per heavy atom. The SMILES string of the molecule is CC(C)c1c(C(=O)O)nnn1Cc1cc(F)ccc1F. The highest BCUT2D eigenvalue weighted by atomic mass is 19.1. The van der Waals surface area contributed by atoms with E-state index in [9.17, 15) is 13.6 Å². The fourth-order valence-electron chi connectivity index (χ4n) is 1.99. The third kappa shape index (κ3) is 2.66. The van der Waals surface area contributed by atoms with Gasteiger partial charge in [0.25, 0.3) is 0 Å². The summed E-state index contributed by atoms with van der Waals surface area (Å²) in [5.74, 6) is -2.49. The van der Waals surface area contributed by atoms with Gasteiger partial charge in [-0.25, -0.2) is 18.3 Å². The fraction of sp³-hybridized carbons (Fsp3) is 0.308. The van der Waals surface area contributed by atoms with Crippen molar-refractivity contribution in [1.82, 2.24) is 15.0 Å². The molecular formula is C13H13F2N3O2. The van der Waals surface area contributed by atoms with Crippen LogP contribution in [0.5, 0.6) is 0 Å². The van der Waals surface area contributed by atoms with Crippen LogP contribution in [0.2, 0.25) is 0 Å². The number of halogens is 2. The molecule has 1 heterocycles. The number of aromatic nitrogens is 3. The van der Waals surface area contributed by atoms with Crippen LogP contribution in [0, 0.1) is 11.6 Å². The maximum Gasteiger partial charge on any atom is 0.358 e. The highest BCUT2D eigenvalue weighted by molar-refractivity contribution is 5.86. The Bertz CT molecular complexity index is 653. The third-order valence-corrected chi connectivity index (χ3v) is 2.85. The molecule has 0 saturated carbocycles. The zero-order valence-electron chi connectivity index (χ0n) is 11.0. The number of carbonyl (C=O) groups is 1. The number of rotatable bonds is 4. The number of hydrogen-bond donors (Lipinski definition) is 1. The summed E-state index contributed by atoms with van der Waals surface area (Å²) in [4.78, 5) is 11.1. The Hall–Kier alpha value is -2.31. The van der Waals surface area contributed by atoms with Gasteiger partial charge in [0.05, 0.1) is 12.2 Å². The van der Waals surface area contributed by atoms with E-state index < -0.39 is 17.6 Å². The molecule has 2 rings (SSSR count). The van der Waals surface area contributed by atoms with Crippen molar-refractivity contribution in [2.24, 2.45) is 0 Å². The van der Waals surface area contributed by atoms with E-state index in [1.165, 1.54) is 4.68 Å². The summed E-state index contributed by atoms with van der Waals surface area (Å²) in [5.41, 5.74) is 0.298. The van der Waals surface area contributed by atoms with Crippen molar-refractivity contribution in [3.63, 3.8) is 0 Å².